The highest BCUT2D eigenvalue weighted by atomic mass is 32.1. The lowest BCUT2D eigenvalue weighted by Crippen LogP contribution is -2.46. The van der Waals surface area contributed by atoms with Crippen molar-refractivity contribution >= 4 is 28.9 Å². The van der Waals surface area contributed by atoms with Crippen molar-refractivity contribution in [1.29, 1.82) is 0 Å². The fourth-order valence-corrected chi connectivity index (χ4v) is 4.46. The van der Waals surface area contributed by atoms with Gasteiger partial charge in [0.25, 0.3) is 5.91 Å². The van der Waals surface area contributed by atoms with Crippen LogP contribution in [-0.4, -0.2) is 40.1 Å². The van der Waals surface area contributed by atoms with Gasteiger partial charge in [-0.05, 0) is 32.1 Å². The lowest BCUT2D eigenvalue weighted by molar-refractivity contribution is -0.143. The molecule has 6 nitrogen and oxygen atoms in total. The molecule has 1 aliphatic heterocycles. The third-order valence-corrected chi connectivity index (χ3v) is 6.05. The Kier molecular flexibility index (Phi) is 5.83. The number of hydrogen-bond acceptors (Lipinski definition) is 5. The van der Waals surface area contributed by atoms with E-state index in [0.29, 0.717) is 31.8 Å². The number of amides is 2. The zero-order valence-electron chi connectivity index (χ0n) is 14.6. The van der Waals surface area contributed by atoms with Gasteiger partial charge in [-0.25, -0.2) is 4.98 Å². The van der Waals surface area contributed by atoms with Crippen LogP contribution in [0.4, 0.5) is 0 Å². The first-order valence-electron chi connectivity index (χ1n) is 9.07. The predicted molar refractivity (Wildman–Crippen MR) is 95.0 cm³/mol. The molecule has 1 N–H and O–H groups in total. The lowest BCUT2D eigenvalue weighted by Gasteiger charge is -2.24. The van der Waals surface area contributed by atoms with Crippen molar-refractivity contribution in [3.63, 3.8) is 0 Å². The van der Waals surface area contributed by atoms with E-state index in [1.807, 2.05) is 12.3 Å². The topological polar surface area (TPSA) is 79.4 Å². The third-order valence-electron chi connectivity index (χ3n) is 5.10. The summed E-state index contributed by atoms with van der Waals surface area (Å²) in [4.78, 5) is 42.8. The number of carbonyl (C=O) groups excluding carboxylic acids is 3. The van der Waals surface area contributed by atoms with Crippen molar-refractivity contribution in [1.82, 2.24) is 15.2 Å². The second-order valence-electron chi connectivity index (χ2n) is 7.04. The molecule has 7 heteroatoms. The van der Waals surface area contributed by atoms with Gasteiger partial charge in [0.1, 0.15) is 11.0 Å². The number of nitrogens with one attached hydrogen (secondary N) is 1. The van der Waals surface area contributed by atoms with E-state index in [2.05, 4.69) is 10.3 Å². The van der Waals surface area contributed by atoms with Crippen LogP contribution in [0.15, 0.2) is 5.38 Å². The quantitative estimate of drug-likeness (QED) is 0.786. The van der Waals surface area contributed by atoms with Gasteiger partial charge < -0.3 is 10.2 Å². The monoisotopic (exact) mass is 363 g/mol. The van der Waals surface area contributed by atoms with Crippen LogP contribution in [0.25, 0.3) is 0 Å². The third kappa shape index (κ3) is 4.45. The second kappa shape index (κ2) is 8.08. The number of rotatable bonds is 6. The molecule has 0 bridgehead atoms. The highest BCUT2D eigenvalue weighted by Crippen LogP contribution is 2.25. The summed E-state index contributed by atoms with van der Waals surface area (Å²) in [5.41, 5.74) is 0.903. The molecule has 2 fully saturated rings. The van der Waals surface area contributed by atoms with Crippen molar-refractivity contribution in [2.24, 2.45) is 5.92 Å². The maximum absolute atomic E-state index is 12.5. The van der Waals surface area contributed by atoms with Gasteiger partial charge in [-0.3, -0.25) is 14.4 Å². The summed E-state index contributed by atoms with van der Waals surface area (Å²) in [6.45, 7) is 2.77. The molecule has 1 saturated carbocycles. The van der Waals surface area contributed by atoms with Crippen molar-refractivity contribution < 1.29 is 14.4 Å². The molecule has 1 aromatic heterocycles. The molecular weight excluding hydrogens is 338 g/mol. The molecular formula is C18H25N3O3S. The number of carbonyl (C=O) groups is 3. The molecule has 1 saturated heterocycles. The number of likely N-dealkylation sites (tertiary alicyclic amines) is 1. The van der Waals surface area contributed by atoms with Crippen LogP contribution in [0.5, 0.6) is 0 Å². The highest BCUT2D eigenvalue weighted by molar-refractivity contribution is 7.09. The Morgan fingerprint density at radius 3 is 2.72 bits per heavy atom. The molecule has 0 radical (unpaired) electrons. The number of hydrogen-bond donors (Lipinski definition) is 1. The number of Topliss-reactive ketones (excluding diaryl/α,β-unsaturated/α-hetero) is 1. The van der Waals surface area contributed by atoms with Gasteiger partial charge in [0.05, 0.1) is 6.54 Å². The molecule has 2 amide bonds. The summed E-state index contributed by atoms with van der Waals surface area (Å²) < 4.78 is 0. The van der Waals surface area contributed by atoms with Crippen LogP contribution < -0.4 is 5.32 Å². The van der Waals surface area contributed by atoms with Crippen LogP contribution in [0.1, 0.15) is 55.6 Å². The molecule has 3 rings (SSSR count). The standard InChI is InChI=1S/C18H25N3O3S/c1-12-11-25-15(20-12)10-21-14(7-8-16(21)22)17(23)18(24)19-9-13-5-3-2-4-6-13/h11,13-14H,2-10H2,1H3,(H,19,24). The summed E-state index contributed by atoms with van der Waals surface area (Å²) in [7, 11) is 0. The predicted octanol–water partition coefficient (Wildman–Crippen LogP) is 2.21. The Hall–Kier alpha value is -1.76. The van der Waals surface area contributed by atoms with Gasteiger partial charge in [-0.2, -0.15) is 0 Å². The number of thiazole rings is 1. The van der Waals surface area contributed by atoms with Crippen molar-refractivity contribution in [2.45, 2.75) is 64.5 Å². The molecule has 136 valence electrons. The molecule has 1 unspecified atom stereocenters. The van der Waals surface area contributed by atoms with Crippen LogP contribution in [0, 0.1) is 12.8 Å². The van der Waals surface area contributed by atoms with E-state index in [0.717, 1.165) is 23.5 Å². The van der Waals surface area contributed by atoms with E-state index >= 15 is 0 Å². The number of nitrogens with zero attached hydrogens (tertiary/aromatic N) is 2. The zero-order valence-corrected chi connectivity index (χ0v) is 15.4. The first-order valence-corrected chi connectivity index (χ1v) is 9.95. The fraction of sp³-hybridized carbons (Fsp3) is 0.667. The Labute approximate surface area is 152 Å². The Bertz CT molecular complexity index is 652. The van der Waals surface area contributed by atoms with Crippen LogP contribution in [-0.2, 0) is 20.9 Å². The van der Waals surface area contributed by atoms with Crippen LogP contribution in [0.2, 0.25) is 0 Å². The Balaban J connectivity index is 1.57. The first-order chi connectivity index (χ1) is 12.0. The zero-order chi connectivity index (χ0) is 17.8. The molecule has 0 aromatic carbocycles. The van der Waals surface area contributed by atoms with E-state index in [9.17, 15) is 14.4 Å². The molecule has 1 aromatic rings. The minimum atomic E-state index is -0.650. The van der Waals surface area contributed by atoms with E-state index in [1.165, 1.54) is 35.5 Å². The summed E-state index contributed by atoms with van der Waals surface area (Å²) in [5.74, 6) is -0.642. The van der Waals surface area contributed by atoms with Gasteiger partial charge in [0.2, 0.25) is 11.7 Å². The SMILES string of the molecule is Cc1csc(CN2C(=O)CCC2C(=O)C(=O)NCC2CCCCC2)n1. The van der Waals surface area contributed by atoms with Crippen molar-refractivity contribution in [3.8, 4) is 0 Å². The molecule has 2 heterocycles. The maximum atomic E-state index is 12.5. The largest absolute Gasteiger partial charge is 0.349 e. The molecule has 25 heavy (non-hydrogen) atoms. The maximum Gasteiger partial charge on any atom is 0.289 e. The van der Waals surface area contributed by atoms with Gasteiger partial charge in [-0.1, -0.05) is 19.3 Å². The summed E-state index contributed by atoms with van der Waals surface area (Å²) in [6, 6.07) is -0.650. The number of aromatic nitrogens is 1. The summed E-state index contributed by atoms with van der Waals surface area (Å²) >= 11 is 1.47. The first kappa shape index (κ1) is 18.0. The Morgan fingerprint density at radius 2 is 2.04 bits per heavy atom. The van der Waals surface area contributed by atoms with Gasteiger partial charge >= 0.3 is 0 Å². The van der Waals surface area contributed by atoms with Crippen LogP contribution >= 0.6 is 11.3 Å². The normalized spacial score (nSPS) is 21.6. The lowest BCUT2D eigenvalue weighted by atomic mass is 9.89. The van der Waals surface area contributed by atoms with Gasteiger partial charge in [-0.15, -0.1) is 11.3 Å². The van der Waals surface area contributed by atoms with E-state index < -0.39 is 17.7 Å². The molecule has 0 spiro atoms. The summed E-state index contributed by atoms with van der Waals surface area (Å²) in [5, 5.41) is 5.51. The molecule has 1 atom stereocenters. The summed E-state index contributed by atoms with van der Waals surface area (Å²) in [6.07, 6.45) is 6.63. The molecule has 1 aliphatic carbocycles. The van der Waals surface area contributed by atoms with Crippen molar-refractivity contribution in [3.05, 3.63) is 16.1 Å². The average Bonchev–Trinajstić information content (AvgIpc) is 3.19. The minimum absolute atomic E-state index is 0.0775. The number of aryl methyl sites for hydroxylation is 1. The van der Waals surface area contributed by atoms with E-state index in [-0.39, 0.29) is 5.91 Å². The average molecular weight is 363 g/mol. The van der Waals surface area contributed by atoms with Crippen molar-refractivity contribution in [2.75, 3.05) is 6.54 Å². The minimum Gasteiger partial charge on any atom is -0.349 e. The Morgan fingerprint density at radius 1 is 1.28 bits per heavy atom. The fourth-order valence-electron chi connectivity index (χ4n) is 3.69. The van der Waals surface area contributed by atoms with Gasteiger partial charge in [0.15, 0.2) is 0 Å². The second-order valence-corrected chi connectivity index (χ2v) is 7.98. The van der Waals surface area contributed by atoms with Crippen LogP contribution in [0.3, 0.4) is 0 Å². The number of ketones is 1. The van der Waals surface area contributed by atoms with E-state index in [4.69, 9.17) is 0 Å². The van der Waals surface area contributed by atoms with E-state index in [1.54, 1.807) is 0 Å². The highest BCUT2D eigenvalue weighted by Gasteiger charge is 2.39. The molecule has 2 aliphatic rings. The smallest absolute Gasteiger partial charge is 0.289 e. The van der Waals surface area contributed by atoms with Gasteiger partial charge in [0, 0.05) is 24.0 Å².